The number of nitrogens with zero attached hydrogens (tertiary/aromatic N) is 2. The topological polar surface area (TPSA) is 75.4 Å². The van der Waals surface area contributed by atoms with Gasteiger partial charge in [0, 0.05) is 40.9 Å². The number of furan rings is 1. The first-order valence-electron chi connectivity index (χ1n) is 10.3. The van der Waals surface area contributed by atoms with Crippen molar-refractivity contribution >= 4 is 67.7 Å². The predicted octanol–water partition coefficient (Wildman–Crippen LogP) is 6.38. The number of amides is 2. The summed E-state index contributed by atoms with van der Waals surface area (Å²) in [4.78, 5) is 30.7. The van der Waals surface area contributed by atoms with Crippen LogP contribution in [0.4, 0.5) is 16.5 Å². The number of hydrogen-bond donors (Lipinski definition) is 1. The normalized spacial score (nSPS) is 11.3. The number of para-hydroxylation sites is 2. The molecule has 0 radical (unpaired) electrons. The molecule has 0 saturated carbocycles. The number of carbonyl (C=O) groups excluding carboxylic acids is 2. The van der Waals surface area contributed by atoms with Crippen LogP contribution >= 0.6 is 11.3 Å². The Morgan fingerprint density at radius 1 is 0.970 bits per heavy atom. The first kappa shape index (κ1) is 20.7. The Bertz CT molecular complexity index is 1500. The van der Waals surface area contributed by atoms with Crippen LogP contribution in [-0.2, 0) is 9.59 Å². The van der Waals surface area contributed by atoms with Gasteiger partial charge in [0.15, 0.2) is 5.13 Å². The second kappa shape index (κ2) is 8.72. The number of aromatic nitrogens is 1. The maximum atomic E-state index is 12.4. The van der Waals surface area contributed by atoms with Crippen LogP contribution in [-0.4, -0.2) is 16.8 Å². The third-order valence-electron chi connectivity index (χ3n) is 5.08. The van der Waals surface area contributed by atoms with Crippen LogP contribution in [0.15, 0.2) is 88.7 Å². The lowest BCUT2D eigenvalue weighted by Crippen LogP contribution is -2.22. The van der Waals surface area contributed by atoms with E-state index in [1.807, 2.05) is 72.8 Å². The molecule has 3 aromatic carbocycles. The van der Waals surface area contributed by atoms with Crippen LogP contribution in [0.1, 0.15) is 12.6 Å². The smallest absolute Gasteiger partial charge is 0.248 e. The van der Waals surface area contributed by atoms with Gasteiger partial charge in [-0.25, -0.2) is 4.98 Å². The SMILES string of the molecule is CC(=O)N(c1ccccc1)c1nc(/C=C/C(=O)Nc2ccc3c(c2)oc2ccccc23)cs1. The average Bonchev–Trinajstić information content (AvgIpc) is 3.42. The summed E-state index contributed by atoms with van der Waals surface area (Å²) < 4.78 is 5.87. The largest absolute Gasteiger partial charge is 0.456 e. The van der Waals surface area contributed by atoms with E-state index >= 15 is 0 Å². The zero-order valence-electron chi connectivity index (χ0n) is 17.7. The van der Waals surface area contributed by atoms with E-state index in [9.17, 15) is 9.59 Å². The summed E-state index contributed by atoms with van der Waals surface area (Å²) in [7, 11) is 0. The zero-order chi connectivity index (χ0) is 22.8. The van der Waals surface area contributed by atoms with Gasteiger partial charge in [0.1, 0.15) is 11.2 Å². The van der Waals surface area contributed by atoms with Gasteiger partial charge in [0.05, 0.1) is 11.4 Å². The Morgan fingerprint density at radius 3 is 2.55 bits per heavy atom. The summed E-state index contributed by atoms with van der Waals surface area (Å²) in [5, 5.41) is 7.24. The van der Waals surface area contributed by atoms with Gasteiger partial charge >= 0.3 is 0 Å². The molecule has 2 aromatic heterocycles. The fourth-order valence-electron chi connectivity index (χ4n) is 3.61. The summed E-state index contributed by atoms with van der Waals surface area (Å²) in [6, 6.07) is 22.8. The van der Waals surface area contributed by atoms with E-state index in [2.05, 4.69) is 10.3 Å². The van der Waals surface area contributed by atoms with Crippen LogP contribution in [0.5, 0.6) is 0 Å². The van der Waals surface area contributed by atoms with Gasteiger partial charge in [0.25, 0.3) is 0 Å². The van der Waals surface area contributed by atoms with Gasteiger partial charge in [-0.15, -0.1) is 11.3 Å². The highest BCUT2D eigenvalue weighted by Gasteiger charge is 2.17. The van der Waals surface area contributed by atoms with Gasteiger partial charge in [0.2, 0.25) is 11.8 Å². The van der Waals surface area contributed by atoms with Crippen LogP contribution < -0.4 is 10.2 Å². The van der Waals surface area contributed by atoms with Gasteiger partial charge in [-0.2, -0.15) is 0 Å². The zero-order valence-corrected chi connectivity index (χ0v) is 18.5. The molecule has 0 fully saturated rings. The molecule has 0 saturated heterocycles. The molecular formula is C26H19N3O3S. The van der Waals surface area contributed by atoms with E-state index in [1.165, 1.54) is 24.3 Å². The number of benzene rings is 3. The van der Waals surface area contributed by atoms with Crippen molar-refractivity contribution in [2.45, 2.75) is 6.92 Å². The summed E-state index contributed by atoms with van der Waals surface area (Å²) >= 11 is 1.34. The van der Waals surface area contributed by atoms with E-state index < -0.39 is 0 Å². The molecule has 0 bridgehead atoms. The number of rotatable bonds is 5. The Morgan fingerprint density at radius 2 is 1.73 bits per heavy atom. The monoisotopic (exact) mass is 453 g/mol. The molecular weight excluding hydrogens is 434 g/mol. The maximum Gasteiger partial charge on any atom is 0.248 e. The van der Waals surface area contributed by atoms with Crippen LogP contribution in [0.2, 0.25) is 0 Å². The van der Waals surface area contributed by atoms with Gasteiger partial charge in [-0.1, -0.05) is 36.4 Å². The molecule has 7 heteroatoms. The predicted molar refractivity (Wildman–Crippen MR) is 133 cm³/mol. The summed E-state index contributed by atoms with van der Waals surface area (Å²) in [5.41, 5.74) is 3.51. The second-order valence-electron chi connectivity index (χ2n) is 7.38. The quantitative estimate of drug-likeness (QED) is 0.313. The molecule has 0 unspecified atom stereocenters. The van der Waals surface area contributed by atoms with Crippen molar-refractivity contribution in [3.63, 3.8) is 0 Å². The Hall–Kier alpha value is -4.23. The highest BCUT2D eigenvalue weighted by molar-refractivity contribution is 7.14. The lowest BCUT2D eigenvalue weighted by molar-refractivity contribution is -0.116. The fraction of sp³-hybridized carbons (Fsp3) is 0.0385. The van der Waals surface area contributed by atoms with Crippen molar-refractivity contribution in [2.24, 2.45) is 0 Å². The minimum absolute atomic E-state index is 0.134. The van der Waals surface area contributed by atoms with Crippen molar-refractivity contribution in [1.82, 2.24) is 4.98 Å². The van der Waals surface area contributed by atoms with Gasteiger partial charge < -0.3 is 9.73 Å². The molecule has 0 aliphatic heterocycles. The fourth-order valence-corrected chi connectivity index (χ4v) is 4.46. The number of anilines is 3. The Balaban J connectivity index is 1.31. The molecule has 1 N–H and O–H groups in total. The van der Waals surface area contributed by atoms with Crippen molar-refractivity contribution < 1.29 is 14.0 Å². The number of carbonyl (C=O) groups is 2. The van der Waals surface area contributed by atoms with Crippen molar-refractivity contribution in [3.05, 3.63) is 89.9 Å². The van der Waals surface area contributed by atoms with Crippen molar-refractivity contribution in [3.8, 4) is 0 Å². The lowest BCUT2D eigenvalue weighted by atomic mass is 10.1. The number of thiazole rings is 1. The molecule has 33 heavy (non-hydrogen) atoms. The maximum absolute atomic E-state index is 12.4. The van der Waals surface area contributed by atoms with E-state index in [4.69, 9.17) is 4.42 Å². The van der Waals surface area contributed by atoms with E-state index in [-0.39, 0.29) is 11.8 Å². The molecule has 6 nitrogen and oxygen atoms in total. The number of hydrogen-bond acceptors (Lipinski definition) is 5. The highest BCUT2D eigenvalue weighted by atomic mass is 32.1. The molecule has 5 aromatic rings. The standard InChI is InChI=1S/C26H19N3O3S/c1-17(30)29(20-7-3-2-4-8-20)26-28-19(16-33-26)12-14-25(31)27-18-11-13-22-21-9-5-6-10-23(21)32-24(22)15-18/h2-16H,1H3,(H,27,31)/b14-12+. The average molecular weight is 454 g/mol. The molecule has 2 heterocycles. The molecule has 5 rings (SSSR count). The first-order chi connectivity index (χ1) is 16.1. The first-order valence-corrected chi connectivity index (χ1v) is 11.2. The number of nitrogens with one attached hydrogen (secondary N) is 1. The van der Waals surface area contributed by atoms with Gasteiger partial charge in [-0.05, 0) is 36.4 Å². The number of fused-ring (bicyclic) bond motifs is 3. The molecule has 2 amide bonds. The summed E-state index contributed by atoms with van der Waals surface area (Å²) in [6.45, 7) is 1.50. The summed E-state index contributed by atoms with van der Waals surface area (Å²) in [6.07, 6.45) is 3.04. The van der Waals surface area contributed by atoms with Gasteiger partial charge in [-0.3, -0.25) is 14.5 Å². The van der Waals surface area contributed by atoms with E-state index in [1.54, 1.807) is 16.4 Å². The van der Waals surface area contributed by atoms with E-state index in [0.717, 1.165) is 22.0 Å². The summed E-state index contributed by atoms with van der Waals surface area (Å²) in [5.74, 6) is -0.420. The molecule has 0 aliphatic rings. The van der Waals surface area contributed by atoms with Crippen molar-refractivity contribution in [1.29, 1.82) is 0 Å². The molecule has 0 aliphatic carbocycles. The van der Waals surface area contributed by atoms with E-state index in [0.29, 0.717) is 22.1 Å². The second-order valence-corrected chi connectivity index (χ2v) is 8.21. The Labute approximate surface area is 193 Å². The third-order valence-corrected chi connectivity index (χ3v) is 5.93. The van der Waals surface area contributed by atoms with Crippen LogP contribution in [0, 0.1) is 0 Å². The molecule has 0 atom stereocenters. The molecule has 162 valence electrons. The molecule has 0 spiro atoms. The third kappa shape index (κ3) is 4.26. The minimum Gasteiger partial charge on any atom is -0.456 e. The van der Waals surface area contributed by atoms with Crippen LogP contribution in [0.25, 0.3) is 28.0 Å². The highest BCUT2D eigenvalue weighted by Crippen LogP contribution is 2.31. The van der Waals surface area contributed by atoms with Crippen molar-refractivity contribution in [2.75, 3.05) is 10.2 Å². The lowest BCUT2D eigenvalue weighted by Gasteiger charge is -2.17. The Kier molecular flexibility index (Phi) is 5.46. The minimum atomic E-state index is -0.286. The van der Waals surface area contributed by atoms with Crippen LogP contribution in [0.3, 0.4) is 0 Å².